The van der Waals surface area contributed by atoms with Crippen LogP contribution in [0.25, 0.3) is 0 Å². The number of hydrazone groups is 2. The number of guanidine groups is 1. The summed E-state index contributed by atoms with van der Waals surface area (Å²) in [6.45, 7) is 0.393. The Morgan fingerprint density at radius 2 is 2.30 bits per heavy atom. The van der Waals surface area contributed by atoms with Crippen LogP contribution in [0.5, 0.6) is 0 Å². The van der Waals surface area contributed by atoms with Crippen molar-refractivity contribution in [2.24, 2.45) is 15.9 Å². The lowest BCUT2D eigenvalue weighted by atomic mass is 10.6. The molecule has 1 heterocycles. The van der Waals surface area contributed by atoms with Crippen LogP contribution in [-0.4, -0.2) is 25.5 Å². The molecule has 1 rings (SSSR count). The Morgan fingerprint density at radius 1 is 1.50 bits per heavy atom. The van der Waals surface area contributed by atoms with Crippen molar-refractivity contribution < 1.29 is 4.74 Å². The van der Waals surface area contributed by atoms with E-state index in [1.807, 2.05) is 0 Å². The number of hydrogen-bond acceptors (Lipinski definition) is 6. The zero-order valence-corrected chi connectivity index (χ0v) is 5.59. The van der Waals surface area contributed by atoms with Crippen molar-refractivity contribution in [1.82, 2.24) is 10.9 Å². The molecule has 0 aromatic rings. The molecule has 0 fully saturated rings. The number of amidine groups is 1. The summed E-state index contributed by atoms with van der Waals surface area (Å²) in [4.78, 5) is 0. The topological polar surface area (TPSA) is 84.0 Å². The quantitative estimate of drug-likeness (QED) is 0.433. The summed E-state index contributed by atoms with van der Waals surface area (Å²) in [5.41, 5.74) is 10.3. The van der Waals surface area contributed by atoms with Crippen molar-refractivity contribution >= 4 is 11.8 Å². The van der Waals surface area contributed by atoms with E-state index in [2.05, 4.69) is 21.1 Å². The third kappa shape index (κ3) is 1.59. The first kappa shape index (κ1) is 6.81. The lowest BCUT2D eigenvalue weighted by Crippen LogP contribution is -2.39. The predicted molar refractivity (Wildman–Crippen MR) is 37.2 cm³/mol. The molecule has 0 unspecified atom stereocenters. The Kier molecular flexibility index (Phi) is 2.06. The highest BCUT2D eigenvalue weighted by atomic mass is 16.5. The van der Waals surface area contributed by atoms with Gasteiger partial charge in [-0.2, -0.15) is 5.10 Å². The summed E-state index contributed by atoms with van der Waals surface area (Å²) in [5, 5.41) is 7.43. The highest BCUT2D eigenvalue weighted by molar-refractivity contribution is 5.89. The average Bonchev–Trinajstić information content (AvgIpc) is 1.95. The van der Waals surface area contributed by atoms with Crippen LogP contribution in [0.3, 0.4) is 0 Å². The highest BCUT2D eigenvalue weighted by Gasteiger charge is 2.01. The predicted octanol–water partition coefficient (Wildman–Crippen LogP) is -1.63. The molecule has 4 N–H and O–H groups in total. The van der Waals surface area contributed by atoms with E-state index in [9.17, 15) is 0 Å². The summed E-state index contributed by atoms with van der Waals surface area (Å²) in [6.07, 6.45) is 0. The number of methoxy groups -OCH3 is 1. The summed E-state index contributed by atoms with van der Waals surface area (Å²) in [5.74, 6) is 0.858. The molecular weight excluding hydrogens is 134 g/mol. The van der Waals surface area contributed by atoms with Gasteiger partial charge in [0.2, 0.25) is 5.96 Å². The van der Waals surface area contributed by atoms with E-state index in [4.69, 9.17) is 10.5 Å². The second-order valence-corrected chi connectivity index (χ2v) is 1.71. The number of nitrogens with zero attached hydrogens (tertiary/aromatic N) is 2. The zero-order chi connectivity index (χ0) is 7.40. The molecule has 6 nitrogen and oxygen atoms in total. The minimum atomic E-state index is 0.250. The molecule has 1 aliphatic heterocycles. The highest BCUT2D eigenvalue weighted by Crippen LogP contribution is 1.79. The minimum absolute atomic E-state index is 0.250. The van der Waals surface area contributed by atoms with Crippen LogP contribution < -0.4 is 16.6 Å². The summed E-state index contributed by atoms with van der Waals surface area (Å²) < 4.78 is 4.77. The van der Waals surface area contributed by atoms with Gasteiger partial charge in [-0.3, -0.25) is 5.43 Å². The standard InChI is InChI=1S/C4H9N5O/c1-10-2-3-6-8-4(5)9-7-3/h2H2,1H3,(H,6,7)(H3,5,8,9). The maximum absolute atomic E-state index is 5.22. The Morgan fingerprint density at radius 3 is 2.80 bits per heavy atom. The van der Waals surface area contributed by atoms with Crippen LogP contribution >= 0.6 is 0 Å². The molecule has 1 aliphatic rings. The van der Waals surface area contributed by atoms with Gasteiger partial charge < -0.3 is 10.5 Å². The zero-order valence-electron chi connectivity index (χ0n) is 5.59. The Bertz CT molecular complexity index is 174. The Labute approximate surface area is 58.1 Å². The van der Waals surface area contributed by atoms with Gasteiger partial charge in [0.05, 0.1) is 0 Å². The van der Waals surface area contributed by atoms with Crippen molar-refractivity contribution in [1.29, 1.82) is 0 Å². The lowest BCUT2D eigenvalue weighted by Gasteiger charge is -2.10. The second-order valence-electron chi connectivity index (χ2n) is 1.71. The van der Waals surface area contributed by atoms with Crippen molar-refractivity contribution in [2.75, 3.05) is 13.7 Å². The molecule has 0 aromatic carbocycles. The molecule has 0 atom stereocenters. The van der Waals surface area contributed by atoms with E-state index in [1.54, 1.807) is 7.11 Å². The minimum Gasteiger partial charge on any atom is -0.377 e. The maximum Gasteiger partial charge on any atom is 0.232 e. The normalized spacial score (nSPS) is 16.5. The third-order valence-corrected chi connectivity index (χ3v) is 0.892. The van der Waals surface area contributed by atoms with Crippen molar-refractivity contribution in [3.8, 4) is 0 Å². The number of nitrogens with one attached hydrogen (secondary N) is 2. The Hall–Kier alpha value is -1.30. The fourth-order valence-electron chi connectivity index (χ4n) is 0.501. The van der Waals surface area contributed by atoms with Gasteiger partial charge in [0.1, 0.15) is 6.61 Å². The molecule has 0 aliphatic carbocycles. The first-order valence-electron chi connectivity index (χ1n) is 2.73. The largest absolute Gasteiger partial charge is 0.377 e. The van der Waals surface area contributed by atoms with Crippen LogP contribution in [-0.2, 0) is 4.74 Å². The van der Waals surface area contributed by atoms with E-state index in [0.717, 1.165) is 0 Å². The molecule has 0 saturated carbocycles. The van der Waals surface area contributed by atoms with Crippen LogP contribution in [0.2, 0.25) is 0 Å². The number of hydrogen-bond donors (Lipinski definition) is 3. The summed E-state index contributed by atoms with van der Waals surface area (Å²) >= 11 is 0. The number of ether oxygens (including phenoxy) is 1. The second kappa shape index (κ2) is 3.02. The number of nitrogens with two attached hydrogens (primary N) is 1. The van der Waals surface area contributed by atoms with Gasteiger partial charge in [-0.25, -0.2) is 5.43 Å². The van der Waals surface area contributed by atoms with E-state index in [-0.39, 0.29) is 5.96 Å². The van der Waals surface area contributed by atoms with Gasteiger partial charge in [0.25, 0.3) is 0 Å². The van der Waals surface area contributed by atoms with E-state index in [1.165, 1.54) is 0 Å². The Balaban J connectivity index is 2.38. The monoisotopic (exact) mass is 143 g/mol. The van der Waals surface area contributed by atoms with Crippen LogP contribution in [0.1, 0.15) is 0 Å². The number of rotatable bonds is 2. The van der Waals surface area contributed by atoms with Gasteiger partial charge >= 0.3 is 0 Å². The van der Waals surface area contributed by atoms with Crippen molar-refractivity contribution in [2.45, 2.75) is 0 Å². The van der Waals surface area contributed by atoms with E-state index in [0.29, 0.717) is 12.4 Å². The average molecular weight is 143 g/mol. The van der Waals surface area contributed by atoms with Crippen molar-refractivity contribution in [3.05, 3.63) is 0 Å². The van der Waals surface area contributed by atoms with Crippen LogP contribution in [0.4, 0.5) is 0 Å². The fraction of sp³-hybridized carbons (Fsp3) is 0.500. The maximum atomic E-state index is 5.22. The smallest absolute Gasteiger partial charge is 0.232 e. The fourth-order valence-corrected chi connectivity index (χ4v) is 0.501. The molecule has 56 valence electrons. The van der Waals surface area contributed by atoms with E-state index >= 15 is 0 Å². The molecule has 0 bridgehead atoms. The molecule has 6 heteroatoms. The van der Waals surface area contributed by atoms with Gasteiger partial charge in [0.15, 0.2) is 5.84 Å². The van der Waals surface area contributed by atoms with Gasteiger partial charge in [-0.05, 0) is 0 Å². The summed E-state index contributed by atoms with van der Waals surface area (Å²) in [7, 11) is 1.58. The first-order chi connectivity index (χ1) is 4.83. The lowest BCUT2D eigenvalue weighted by molar-refractivity contribution is 0.242. The molecule has 0 saturated heterocycles. The van der Waals surface area contributed by atoms with Crippen LogP contribution in [0, 0.1) is 0 Å². The third-order valence-electron chi connectivity index (χ3n) is 0.892. The molecule has 10 heavy (non-hydrogen) atoms. The van der Waals surface area contributed by atoms with E-state index < -0.39 is 0 Å². The summed E-state index contributed by atoms with van der Waals surface area (Å²) in [6, 6.07) is 0. The van der Waals surface area contributed by atoms with Crippen LogP contribution in [0.15, 0.2) is 10.2 Å². The van der Waals surface area contributed by atoms with Gasteiger partial charge in [-0.15, -0.1) is 5.10 Å². The SMILES string of the molecule is COCC1=NNC(N)=NN1. The molecular formula is C4H9N5O. The van der Waals surface area contributed by atoms with Gasteiger partial charge in [0, 0.05) is 7.11 Å². The van der Waals surface area contributed by atoms with Gasteiger partial charge in [-0.1, -0.05) is 0 Å². The molecule has 0 aromatic heterocycles. The van der Waals surface area contributed by atoms with Crippen molar-refractivity contribution in [3.63, 3.8) is 0 Å². The first-order valence-corrected chi connectivity index (χ1v) is 2.73. The molecule has 0 amide bonds. The molecule has 0 spiro atoms. The molecule has 0 radical (unpaired) electrons.